The minimum Gasteiger partial charge on any atom is -0.756 e. The number of nitrogens with one attached hydrogen (secondary N) is 1. The largest absolute Gasteiger partial charge is 0.756 e. The van der Waals surface area contributed by atoms with Crippen LogP contribution in [0.5, 0.6) is 0 Å². The van der Waals surface area contributed by atoms with Gasteiger partial charge in [-0.05, 0) is 97.7 Å². The third-order valence-electron chi connectivity index (χ3n) is 13.5. The van der Waals surface area contributed by atoms with Gasteiger partial charge in [0.2, 0.25) is 0 Å². The molecule has 326 valence electrons. The van der Waals surface area contributed by atoms with Crippen LogP contribution in [0.4, 0.5) is 4.79 Å². The van der Waals surface area contributed by atoms with Gasteiger partial charge in [-0.25, -0.2) is 4.79 Å². The highest BCUT2D eigenvalue weighted by molar-refractivity contribution is 7.45. The van der Waals surface area contributed by atoms with Gasteiger partial charge in [-0.1, -0.05) is 65.5 Å². The summed E-state index contributed by atoms with van der Waals surface area (Å²) in [5.41, 5.74) is 2.28. The number of phosphoric ester groups is 1. The minimum absolute atomic E-state index is 0.0574. The van der Waals surface area contributed by atoms with Gasteiger partial charge in [0.25, 0.3) is 7.82 Å². The molecule has 0 aromatic rings. The standard InChI is InChI=1S/C42H76NO12P/c1-31(2)8-6-9-32(3)37-12-13-38-36-11-10-33-28-35(14-16-41(33,4)39(36)15-17-42(37,38)5)55-40(46)43-18-7-20-49-22-23-50-24-25-51-26-27-52-29-34(45)30-54-56(47,48)53-21-19-44/h10,31-32,34-39,44-45H,6-9,11-30H2,1-5H3,(H,43,46)(H,47,48)/p-1/t32-,34?,35+,36?,37-,38?,39?,41+,42-/m0/s1. The summed E-state index contributed by atoms with van der Waals surface area (Å²) in [4.78, 5) is 24.0. The van der Waals surface area contributed by atoms with Crippen LogP contribution in [0.1, 0.15) is 112 Å². The Bertz CT molecular complexity index is 1240. The molecule has 4 rings (SSSR count). The zero-order valence-electron chi connectivity index (χ0n) is 35.1. The van der Waals surface area contributed by atoms with Gasteiger partial charge >= 0.3 is 6.09 Å². The zero-order chi connectivity index (χ0) is 40.6. The van der Waals surface area contributed by atoms with Crippen LogP contribution in [0.2, 0.25) is 0 Å². The van der Waals surface area contributed by atoms with E-state index in [1.54, 1.807) is 5.57 Å². The number of phosphoric acid groups is 1. The molecule has 13 nitrogen and oxygen atoms in total. The van der Waals surface area contributed by atoms with Crippen LogP contribution in [0, 0.1) is 46.3 Å². The topological polar surface area (TPSA) is 174 Å². The number of hydrogen-bond donors (Lipinski definition) is 3. The molecule has 0 aromatic carbocycles. The van der Waals surface area contributed by atoms with Crippen molar-refractivity contribution in [3.05, 3.63) is 11.6 Å². The molecule has 4 aliphatic carbocycles. The highest BCUT2D eigenvalue weighted by Gasteiger charge is 2.59. The van der Waals surface area contributed by atoms with E-state index in [9.17, 15) is 19.4 Å². The van der Waals surface area contributed by atoms with E-state index in [0.717, 1.165) is 54.8 Å². The Hall–Kier alpha value is -1.12. The summed E-state index contributed by atoms with van der Waals surface area (Å²) in [6.07, 6.45) is 15.5. The van der Waals surface area contributed by atoms with E-state index in [2.05, 4.69) is 55.1 Å². The van der Waals surface area contributed by atoms with Crippen molar-refractivity contribution in [2.75, 3.05) is 79.2 Å². The predicted molar refractivity (Wildman–Crippen MR) is 212 cm³/mol. The number of allylic oxidation sites excluding steroid dienone is 1. The maximum absolute atomic E-state index is 12.7. The van der Waals surface area contributed by atoms with Gasteiger partial charge in [-0.15, -0.1) is 0 Å². The molecule has 0 aromatic heterocycles. The monoisotopic (exact) mass is 817 g/mol. The third kappa shape index (κ3) is 14.3. The lowest BCUT2D eigenvalue weighted by molar-refractivity contribution is -0.228. The fourth-order valence-electron chi connectivity index (χ4n) is 10.6. The van der Waals surface area contributed by atoms with E-state index in [1.165, 1.54) is 51.4 Å². The van der Waals surface area contributed by atoms with E-state index >= 15 is 0 Å². The van der Waals surface area contributed by atoms with Crippen LogP contribution >= 0.6 is 7.82 Å². The fraction of sp³-hybridized carbons (Fsp3) is 0.929. The molecule has 1 amide bonds. The maximum Gasteiger partial charge on any atom is 0.407 e. The summed E-state index contributed by atoms with van der Waals surface area (Å²) in [7, 11) is -4.56. The summed E-state index contributed by atoms with van der Waals surface area (Å²) >= 11 is 0. The van der Waals surface area contributed by atoms with E-state index in [4.69, 9.17) is 28.8 Å². The maximum atomic E-state index is 12.7. The Morgan fingerprint density at radius 2 is 1.57 bits per heavy atom. The smallest absolute Gasteiger partial charge is 0.407 e. The first-order chi connectivity index (χ1) is 26.8. The molecule has 0 bridgehead atoms. The van der Waals surface area contributed by atoms with Gasteiger partial charge in [0.05, 0.1) is 66.1 Å². The second-order valence-corrected chi connectivity index (χ2v) is 19.1. The molecular formula is C42H75NO12P-. The molecule has 0 spiro atoms. The van der Waals surface area contributed by atoms with Crippen LogP contribution < -0.4 is 10.2 Å². The van der Waals surface area contributed by atoms with Gasteiger partial charge in [-0.3, -0.25) is 4.57 Å². The average molecular weight is 817 g/mol. The molecule has 0 aliphatic heterocycles. The number of aliphatic hydroxyl groups is 2. The lowest BCUT2D eigenvalue weighted by atomic mass is 9.47. The van der Waals surface area contributed by atoms with Crippen LogP contribution in [-0.2, 0) is 37.3 Å². The molecule has 0 heterocycles. The first-order valence-corrected chi connectivity index (χ1v) is 23.1. The Kier molecular flexibility index (Phi) is 20.1. The predicted octanol–water partition coefficient (Wildman–Crippen LogP) is 6.43. The lowest BCUT2D eigenvalue weighted by Crippen LogP contribution is -2.51. The van der Waals surface area contributed by atoms with Crippen molar-refractivity contribution < 1.29 is 57.2 Å². The number of carbonyl (C=O) groups is 1. The van der Waals surface area contributed by atoms with Crippen molar-refractivity contribution in [3.8, 4) is 0 Å². The molecule has 3 N–H and O–H groups in total. The van der Waals surface area contributed by atoms with Gasteiger partial charge in [0.15, 0.2) is 0 Å². The number of aliphatic hydroxyl groups excluding tert-OH is 2. The number of ether oxygens (including phenoxy) is 5. The Morgan fingerprint density at radius 1 is 0.875 bits per heavy atom. The number of carbonyl (C=O) groups excluding carboxylic acids is 1. The van der Waals surface area contributed by atoms with Crippen molar-refractivity contribution in [1.82, 2.24) is 5.32 Å². The summed E-state index contributed by atoms with van der Waals surface area (Å²) in [5.74, 6) is 4.92. The second-order valence-electron chi connectivity index (χ2n) is 17.7. The molecule has 3 fully saturated rings. The summed E-state index contributed by atoms with van der Waals surface area (Å²) in [6.45, 7) is 14.0. The highest BCUT2D eigenvalue weighted by atomic mass is 31.2. The number of hydrogen-bond acceptors (Lipinski definition) is 12. The molecular weight excluding hydrogens is 741 g/mol. The van der Waals surface area contributed by atoms with Crippen molar-refractivity contribution in [2.45, 2.75) is 124 Å². The molecule has 0 saturated heterocycles. The third-order valence-corrected chi connectivity index (χ3v) is 14.4. The van der Waals surface area contributed by atoms with E-state index < -0.39 is 33.7 Å². The molecule has 10 atom stereocenters. The van der Waals surface area contributed by atoms with Crippen molar-refractivity contribution >= 4 is 13.9 Å². The lowest BCUT2D eigenvalue weighted by Gasteiger charge is -2.58. The summed E-state index contributed by atoms with van der Waals surface area (Å²) < 4.78 is 47.9. The van der Waals surface area contributed by atoms with Gasteiger partial charge in [0.1, 0.15) is 12.2 Å². The Labute approximate surface area is 336 Å². The Morgan fingerprint density at radius 3 is 2.27 bits per heavy atom. The molecule has 5 unspecified atom stereocenters. The highest BCUT2D eigenvalue weighted by Crippen LogP contribution is 2.67. The molecule has 56 heavy (non-hydrogen) atoms. The number of fused-ring (bicyclic) bond motifs is 5. The second kappa shape index (κ2) is 23.6. The zero-order valence-corrected chi connectivity index (χ0v) is 36.0. The van der Waals surface area contributed by atoms with E-state index in [0.29, 0.717) is 51.4 Å². The number of rotatable bonds is 27. The first-order valence-electron chi connectivity index (χ1n) is 21.6. The van der Waals surface area contributed by atoms with Crippen LogP contribution in [-0.4, -0.2) is 108 Å². The summed E-state index contributed by atoms with van der Waals surface area (Å²) in [6, 6.07) is 0. The van der Waals surface area contributed by atoms with Crippen molar-refractivity contribution in [1.29, 1.82) is 0 Å². The van der Waals surface area contributed by atoms with Crippen LogP contribution in [0.15, 0.2) is 11.6 Å². The number of amides is 1. The van der Waals surface area contributed by atoms with Gasteiger partial charge in [0, 0.05) is 19.6 Å². The minimum atomic E-state index is -4.56. The summed E-state index contributed by atoms with van der Waals surface area (Å²) in [5, 5.41) is 21.2. The van der Waals surface area contributed by atoms with E-state index in [-0.39, 0.29) is 37.4 Å². The number of alkyl carbamates (subject to hydrolysis) is 1. The van der Waals surface area contributed by atoms with Gasteiger partial charge in [-0.2, -0.15) is 0 Å². The molecule has 0 radical (unpaired) electrons. The molecule has 14 heteroatoms. The van der Waals surface area contributed by atoms with Crippen LogP contribution in [0.25, 0.3) is 0 Å². The quantitative estimate of drug-likeness (QED) is 0.0472. The first kappa shape index (κ1) is 47.6. The van der Waals surface area contributed by atoms with Crippen molar-refractivity contribution in [2.24, 2.45) is 46.3 Å². The molecule has 4 aliphatic rings. The van der Waals surface area contributed by atoms with E-state index in [1.807, 2.05) is 0 Å². The van der Waals surface area contributed by atoms with Crippen molar-refractivity contribution in [3.63, 3.8) is 0 Å². The van der Waals surface area contributed by atoms with Crippen LogP contribution in [0.3, 0.4) is 0 Å². The van der Waals surface area contributed by atoms with Gasteiger partial charge < -0.3 is 53.2 Å². The molecule has 3 saturated carbocycles. The SMILES string of the molecule is CC(C)CCC[C@H](C)[C@@H]1CCC2C3CC=C4C[C@H](OC(=O)NCCCOCCOCCOCCOCC(O)COP(=O)([O-])OCCO)CC[C@@]4(C)C3CC[C@]21C. The Balaban J connectivity index is 0.999. The normalized spacial score (nSPS) is 30.8. The fourth-order valence-corrected chi connectivity index (χ4v) is 11.3. The average Bonchev–Trinajstić information content (AvgIpc) is 3.52.